The van der Waals surface area contributed by atoms with Gasteiger partial charge in [-0.25, -0.2) is 8.42 Å². The normalized spacial score (nSPS) is 12.9. The van der Waals surface area contributed by atoms with E-state index in [9.17, 15) is 18.0 Å². The Labute approximate surface area is 239 Å². The molecule has 0 aliphatic heterocycles. The van der Waals surface area contributed by atoms with Gasteiger partial charge in [-0.05, 0) is 88.9 Å². The first-order chi connectivity index (χ1) is 18.8. The molecule has 0 bridgehead atoms. The average molecular weight is 564 g/mol. The Balaban J connectivity index is 2.05. The third-order valence-electron chi connectivity index (χ3n) is 7.02. The van der Waals surface area contributed by atoms with Crippen LogP contribution in [0.15, 0.2) is 71.6 Å². The van der Waals surface area contributed by atoms with Gasteiger partial charge in [0.1, 0.15) is 12.6 Å². The Hall–Kier alpha value is -3.65. The van der Waals surface area contributed by atoms with Crippen molar-refractivity contribution >= 4 is 27.5 Å². The van der Waals surface area contributed by atoms with E-state index in [-0.39, 0.29) is 23.4 Å². The topological polar surface area (TPSA) is 86.8 Å². The number of aryl methyl sites for hydroxylation is 4. The molecule has 0 saturated carbocycles. The lowest BCUT2D eigenvalue weighted by Gasteiger charge is -2.32. The van der Waals surface area contributed by atoms with Gasteiger partial charge in [0, 0.05) is 12.6 Å². The molecule has 3 aromatic rings. The highest BCUT2D eigenvalue weighted by atomic mass is 32.2. The Morgan fingerprint density at radius 3 is 1.85 bits per heavy atom. The first kappa shape index (κ1) is 30.9. The molecule has 7 nitrogen and oxygen atoms in total. The molecule has 0 saturated heterocycles. The quantitative estimate of drug-likeness (QED) is 0.336. The van der Waals surface area contributed by atoms with Crippen LogP contribution in [-0.2, 0) is 26.2 Å². The van der Waals surface area contributed by atoms with Crippen molar-refractivity contribution < 1.29 is 18.0 Å². The number of carbonyl (C=O) groups is 2. The summed E-state index contributed by atoms with van der Waals surface area (Å²) in [6.07, 6.45) is 0.750. The van der Waals surface area contributed by atoms with Crippen LogP contribution < -0.4 is 9.62 Å². The second kappa shape index (κ2) is 13.1. The molecule has 3 aromatic carbocycles. The number of amides is 2. The number of sulfonamides is 1. The number of hydrogen-bond donors (Lipinski definition) is 1. The van der Waals surface area contributed by atoms with Crippen molar-refractivity contribution in [1.82, 2.24) is 10.2 Å². The van der Waals surface area contributed by atoms with E-state index in [1.807, 2.05) is 71.9 Å². The Bertz CT molecular complexity index is 1410. The summed E-state index contributed by atoms with van der Waals surface area (Å²) in [5.41, 5.74) is 5.02. The lowest BCUT2D eigenvalue weighted by molar-refractivity contribution is -0.139. The fourth-order valence-electron chi connectivity index (χ4n) is 4.40. The van der Waals surface area contributed by atoms with E-state index in [1.165, 1.54) is 4.90 Å². The summed E-state index contributed by atoms with van der Waals surface area (Å²) >= 11 is 0. The van der Waals surface area contributed by atoms with Gasteiger partial charge >= 0.3 is 0 Å². The van der Waals surface area contributed by atoms with Crippen molar-refractivity contribution in [2.24, 2.45) is 0 Å². The van der Waals surface area contributed by atoms with E-state index in [1.54, 1.807) is 43.3 Å². The van der Waals surface area contributed by atoms with E-state index < -0.39 is 28.5 Å². The van der Waals surface area contributed by atoms with Gasteiger partial charge in [-0.2, -0.15) is 0 Å². The van der Waals surface area contributed by atoms with Crippen molar-refractivity contribution in [3.63, 3.8) is 0 Å². The van der Waals surface area contributed by atoms with Gasteiger partial charge in [0.15, 0.2) is 0 Å². The minimum absolute atomic E-state index is 0.0556. The minimum atomic E-state index is -4.10. The maximum Gasteiger partial charge on any atom is 0.264 e. The summed E-state index contributed by atoms with van der Waals surface area (Å²) in [4.78, 5) is 28.8. The van der Waals surface area contributed by atoms with Crippen molar-refractivity contribution in [2.75, 3.05) is 10.8 Å². The smallest absolute Gasteiger partial charge is 0.264 e. The van der Waals surface area contributed by atoms with E-state index in [0.717, 1.165) is 38.5 Å². The van der Waals surface area contributed by atoms with Crippen LogP contribution in [0.4, 0.5) is 5.69 Å². The summed E-state index contributed by atoms with van der Waals surface area (Å²) < 4.78 is 29.1. The van der Waals surface area contributed by atoms with Crippen LogP contribution in [0.25, 0.3) is 0 Å². The third kappa shape index (κ3) is 7.72. The second-order valence-electron chi connectivity index (χ2n) is 10.7. The van der Waals surface area contributed by atoms with Crippen molar-refractivity contribution in [1.29, 1.82) is 0 Å². The van der Waals surface area contributed by atoms with Crippen molar-refractivity contribution in [3.05, 3.63) is 94.5 Å². The maximum absolute atomic E-state index is 14.0. The molecule has 8 heteroatoms. The van der Waals surface area contributed by atoms with Gasteiger partial charge in [0.25, 0.3) is 10.0 Å². The highest BCUT2D eigenvalue weighted by Crippen LogP contribution is 2.27. The largest absolute Gasteiger partial charge is 0.352 e. The summed E-state index contributed by atoms with van der Waals surface area (Å²) in [7, 11) is -4.10. The molecule has 0 radical (unpaired) electrons. The molecule has 214 valence electrons. The molecule has 0 aliphatic rings. The molecule has 0 fully saturated rings. The van der Waals surface area contributed by atoms with Crippen molar-refractivity contribution in [2.45, 2.75) is 78.4 Å². The van der Waals surface area contributed by atoms with Crippen LogP contribution in [0.5, 0.6) is 0 Å². The van der Waals surface area contributed by atoms with Gasteiger partial charge in [0.2, 0.25) is 11.8 Å². The highest BCUT2D eigenvalue weighted by Gasteiger charge is 2.33. The minimum Gasteiger partial charge on any atom is -0.352 e. The molecule has 0 aliphatic carbocycles. The van der Waals surface area contributed by atoms with Crippen LogP contribution >= 0.6 is 0 Å². The molecule has 2 atom stereocenters. The number of hydrogen-bond acceptors (Lipinski definition) is 4. The molecule has 0 heterocycles. The van der Waals surface area contributed by atoms with Crippen molar-refractivity contribution in [3.8, 4) is 0 Å². The summed E-state index contributed by atoms with van der Waals surface area (Å²) in [6.45, 7) is 12.9. The van der Waals surface area contributed by atoms with Gasteiger partial charge in [-0.1, -0.05) is 60.5 Å². The number of nitrogens with one attached hydrogen (secondary N) is 1. The van der Waals surface area contributed by atoms with Crippen LogP contribution in [0.2, 0.25) is 0 Å². The molecule has 0 aromatic heterocycles. The summed E-state index contributed by atoms with van der Waals surface area (Å²) in [5.74, 6) is -0.753. The zero-order valence-corrected chi connectivity index (χ0v) is 25.4. The van der Waals surface area contributed by atoms with Crippen LogP contribution in [0, 0.1) is 27.7 Å². The summed E-state index contributed by atoms with van der Waals surface area (Å²) in [6, 6.07) is 18.9. The predicted molar refractivity (Wildman–Crippen MR) is 161 cm³/mol. The van der Waals surface area contributed by atoms with Gasteiger partial charge in [0.05, 0.1) is 10.6 Å². The van der Waals surface area contributed by atoms with Crippen LogP contribution in [0.1, 0.15) is 55.0 Å². The second-order valence-corrected chi connectivity index (χ2v) is 12.5. The Morgan fingerprint density at radius 2 is 1.32 bits per heavy atom. The SMILES string of the molecule is CC[C@@H](C)NC(=O)[C@@H](C)N(Cc1ccc(C)cc1)C(=O)CN(c1cc(C)cc(C)c1)S(=O)(=O)c1ccc(C)cc1. The number of carbonyl (C=O) groups excluding carboxylic acids is 2. The zero-order valence-electron chi connectivity index (χ0n) is 24.6. The molecule has 3 rings (SSSR count). The summed E-state index contributed by atoms with van der Waals surface area (Å²) in [5, 5.41) is 2.96. The molecular weight excluding hydrogens is 522 g/mol. The van der Waals surface area contributed by atoms with Gasteiger partial charge in [-0.3, -0.25) is 13.9 Å². The van der Waals surface area contributed by atoms with Crippen LogP contribution in [-0.4, -0.2) is 43.8 Å². The Kier molecular flexibility index (Phi) is 10.1. The standard InChI is InChI=1S/C32H41N3O4S/c1-8-26(6)33-32(37)27(7)34(20-28-13-9-22(2)10-14-28)31(36)21-35(29-18-24(4)17-25(5)19-29)40(38,39)30-15-11-23(3)12-16-30/h9-19,26-27H,8,20-21H2,1-7H3,(H,33,37)/t26-,27-/m1/s1. The van der Waals surface area contributed by atoms with E-state index in [2.05, 4.69) is 5.32 Å². The molecule has 0 spiro atoms. The molecule has 0 unspecified atom stereocenters. The molecule has 2 amide bonds. The maximum atomic E-state index is 14.0. The van der Waals surface area contributed by atoms with Crippen LogP contribution in [0.3, 0.4) is 0 Å². The fraction of sp³-hybridized carbons (Fsp3) is 0.375. The number of benzene rings is 3. The number of rotatable bonds is 11. The number of anilines is 1. The highest BCUT2D eigenvalue weighted by molar-refractivity contribution is 7.92. The third-order valence-corrected chi connectivity index (χ3v) is 8.81. The zero-order chi connectivity index (χ0) is 29.6. The van der Waals surface area contributed by atoms with Gasteiger partial charge in [-0.15, -0.1) is 0 Å². The van der Waals surface area contributed by atoms with E-state index >= 15 is 0 Å². The number of nitrogens with zero attached hydrogens (tertiary/aromatic N) is 2. The first-order valence-electron chi connectivity index (χ1n) is 13.6. The lowest BCUT2D eigenvalue weighted by atomic mass is 10.1. The predicted octanol–water partition coefficient (Wildman–Crippen LogP) is 5.45. The monoisotopic (exact) mass is 563 g/mol. The lowest BCUT2D eigenvalue weighted by Crippen LogP contribution is -2.52. The van der Waals surface area contributed by atoms with Gasteiger partial charge < -0.3 is 10.2 Å². The average Bonchev–Trinajstić information content (AvgIpc) is 2.90. The Morgan fingerprint density at radius 1 is 0.800 bits per heavy atom. The van der Waals surface area contributed by atoms with E-state index in [0.29, 0.717) is 5.69 Å². The molecular formula is C32H41N3O4S. The molecule has 1 N–H and O–H groups in total. The first-order valence-corrected chi connectivity index (χ1v) is 15.1. The fourth-order valence-corrected chi connectivity index (χ4v) is 5.80. The molecule has 40 heavy (non-hydrogen) atoms. The van der Waals surface area contributed by atoms with E-state index in [4.69, 9.17) is 0 Å².